The normalized spacial score (nSPS) is 27.7. The summed E-state index contributed by atoms with van der Waals surface area (Å²) in [5.74, 6) is 0.328. The first-order chi connectivity index (χ1) is 7.68. The van der Waals surface area contributed by atoms with Crippen LogP contribution >= 0.6 is 0 Å². The molecule has 1 amide bonds. The maximum atomic E-state index is 12.1. The summed E-state index contributed by atoms with van der Waals surface area (Å²) in [5.41, 5.74) is 0. The summed E-state index contributed by atoms with van der Waals surface area (Å²) < 4.78 is 0. The van der Waals surface area contributed by atoms with Crippen LogP contribution in [0.15, 0.2) is 0 Å². The van der Waals surface area contributed by atoms with Gasteiger partial charge in [-0.3, -0.25) is 4.79 Å². The molecular weight excluding hydrogens is 202 g/mol. The van der Waals surface area contributed by atoms with E-state index in [0.717, 1.165) is 45.3 Å². The Kier molecular flexibility index (Phi) is 3.82. The van der Waals surface area contributed by atoms with Crippen molar-refractivity contribution in [3.63, 3.8) is 0 Å². The SMILES string of the molecule is CN(C)C1CCN(C(=O)C2CCCN2)CC1. The maximum absolute atomic E-state index is 12.1. The van der Waals surface area contributed by atoms with E-state index in [1.165, 1.54) is 0 Å². The first kappa shape index (κ1) is 11.9. The highest BCUT2D eigenvalue weighted by molar-refractivity contribution is 5.82. The van der Waals surface area contributed by atoms with Crippen molar-refractivity contribution >= 4 is 5.91 Å². The number of hydrogen-bond acceptors (Lipinski definition) is 3. The molecule has 92 valence electrons. The molecule has 0 radical (unpaired) electrons. The van der Waals surface area contributed by atoms with Crippen LogP contribution in [-0.2, 0) is 4.79 Å². The number of rotatable bonds is 2. The van der Waals surface area contributed by atoms with E-state index in [0.29, 0.717) is 11.9 Å². The third kappa shape index (κ3) is 2.55. The summed E-state index contributed by atoms with van der Waals surface area (Å²) in [5, 5.41) is 3.29. The fourth-order valence-corrected chi connectivity index (χ4v) is 2.72. The Labute approximate surface area is 98.0 Å². The van der Waals surface area contributed by atoms with Gasteiger partial charge in [0.25, 0.3) is 0 Å². The van der Waals surface area contributed by atoms with E-state index in [9.17, 15) is 4.79 Å². The molecule has 0 aliphatic carbocycles. The quantitative estimate of drug-likeness (QED) is 0.734. The minimum Gasteiger partial charge on any atom is -0.341 e. The first-order valence-electron chi connectivity index (χ1n) is 6.37. The van der Waals surface area contributed by atoms with Gasteiger partial charge in [0.15, 0.2) is 0 Å². The lowest BCUT2D eigenvalue weighted by Crippen LogP contribution is -2.49. The molecule has 0 aromatic rings. The molecule has 4 nitrogen and oxygen atoms in total. The predicted molar refractivity (Wildman–Crippen MR) is 64.3 cm³/mol. The zero-order chi connectivity index (χ0) is 11.5. The minimum absolute atomic E-state index is 0.107. The summed E-state index contributed by atoms with van der Waals surface area (Å²) in [6, 6.07) is 0.761. The van der Waals surface area contributed by atoms with Gasteiger partial charge >= 0.3 is 0 Å². The van der Waals surface area contributed by atoms with Crippen LogP contribution in [0.3, 0.4) is 0 Å². The van der Waals surface area contributed by atoms with Crippen LogP contribution in [0.25, 0.3) is 0 Å². The Hall–Kier alpha value is -0.610. The van der Waals surface area contributed by atoms with Crippen molar-refractivity contribution in [1.29, 1.82) is 0 Å². The van der Waals surface area contributed by atoms with Gasteiger partial charge < -0.3 is 15.1 Å². The van der Waals surface area contributed by atoms with E-state index in [2.05, 4.69) is 24.3 Å². The van der Waals surface area contributed by atoms with Crippen LogP contribution < -0.4 is 5.32 Å². The second-order valence-corrected chi connectivity index (χ2v) is 5.17. The largest absolute Gasteiger partial charge is 0.341 e. The third-order valence-corrected chi connectivity index (χ3v) is 3.86. The Morgan fingerprint density at radius 2 is 1.94 bits per heavy atom. The molecule has 0 bridgehead atoms. The van der Waals surface area contributed by atoms with Gasteiger partial charge in [-0.15, -0.1) is 0 Å². The molecule has 1 unspecified atom stereocenters. The number of carbonyl (C=O) groups is 1. The van der Waals surface area contributed by atoms with E-state index < -0.39 is 0 Å². The molecule has 0 spiro atoms. The third-order valence-electron chi connectivity index (χ3n) is 3.86. The number of nitrogens with one attached hydrogen (secondary N) is 1. The fraction of sp³-hybridized carbons (Fsp3) is 0.917. The summed E-state index contributed by atoms with van der Waals surface area (Å²) >= 11 is 0. The molecule has 0 saturated carbocycles. The Morgan fingerprint density at radius 1 is 1.25 bits per heavy atom. The van der Waals surface area contributed by atoms with E-state index in [1.807, 2.05) is 4.90 Å². The molecule has 0 aromatic carbocycles. The van der Waals surface area contributed by atoms with Crippen LogP contribution in [-0.4, -0.2) is 61.5 Å². The zero-order valence-electron chi connectivity index (χ0n) is 10.4. The van der Waals surface area contributed by atoms with E-state index in [4.69, 9.17) is 0 Å². The van der Waals surface area contributed by atoms with Gasteiger partial charge in [0.2, 0.25) is 5.91 Å². The number of likely N-dealkylation sites (tertiary alicyclic amines) is 1. The summed E-state index contributed by atoms with van der Waals surface area (Å²) in [6.07, 6.45) is 4.40. The predicted octanol–water partition coefficient (Wildman–Crippen LogP) is 0.291. The second-order valence-electron chi connectivity index (χ2n) is 5.17. The van der Waals surface area contributed by atoms with Crippen molar-refractivity contribution in [3.05, 3.63) is 0 Å². The van der Waals surface area contributed by atoms with Gasteiger partial charge in [0.05, 0.1) is 6.04 Å². The van der Waals surface area contributed by atoms with Gasteiger partial charge in [0, 0.05) is 19.1 Å². The van der Waals surface area contributed by atoms with Gasteiger partial charge in [-0.1, -0.05) is 0 Å². The Morgan fingerprint density at radius 3 is 2.44 bits per heavy atom. The van der Waals surface area contributed by atoms with Gasteiger partial charge in [-0.25, -0.2) is 0 Å². The summed E-state index contributed by atoms with van der Waals surface area (Å²) in [6.45, 7) is 2.87. The highest BCUT2D eigenvalue weighted by atomic mass is 16.2. The van der Waals surface area contributed by atoms with E-state index >= 15 is 0 Å². The van der Waals surface area contributed by atoms with E-state index in [1.54, 1.807) is 0 Å². The van der Waals surface area contributed by atoms with Crippen LogP contribution in [0.5, 0.6) is 0 Å². The molecule has 1 atom stereocenters. The van der Waals surface area contributed by atoms with E-state index in [-0.39, 0.29) is 6.04 Å². The average Bonchev–Trinajstić information content (AvgIpc) is 2.81. The number of amides is 1. The Bertz CT molecular complexity index is 241. The van der Waals surface area contributed by atoms with Gasteiger partial charge in [-0.05, 0) is 46.3 Å². The highest BCUT2D eigenvalue weighted by Crippen LogP contribution is 2.17. The molecular formula is C12H23N3O. The number of piperidine rings is 1. The van der Waals surface area contributed by atoms with Crippen molar-refractivity contribution in [2.75, 3.05) is 33.7 Å². The molecule has 1 N–H and O–H groups in total. The topological polar surface area (TPSA) is 35.6 Å². The van der Waals surface area contributed by atoms with Crippen LogP contribution in [0.2, 0.25) is 0 Å². The van der Waals surface area contributed by atoms with Crippen LogP contribution in [0, 0.1) is 0 Å². The van der Waals surface area contributed by atoms with Crippen molar-refractivity contribution in [2.24, 2.45) is 0 Å². The molecule has 4 heteroatoms. The highest BCUT2D eigenvalue weighted by Gasteiger charge is 2.30. The molecule has 16 heavy (non-hydrogen) atoms. The summed E-state index contributed by atoms with van der Waals surface area (Å²) in [4.78, 5) is 16.4. The molecule has 2 saturated heterocycles. The van der Waals surface area contributed by atoms with Crippen LogP contribution in [0.1, 0.15) is 25.7 Å². The molecule has 2 aliphatic rings. The first-order valence-corrected chi connectivity index (χ1v) is 6.37. The average molecular weight is 225 g/mol. The second kappa shape index (κ2) is 5.15. The van der Waals surface area contributed by atoms with Crippen molar-refractivity contribution in [2.45, 2.75) is 37.8 Å². The lowest BCUT2D eigenvalue weighted by atomic mass is 10.0. The molecule has 2 aliphatic heterocycles. The Balaban J connectivity index is 1.81. The van der Waals surface area contributed by atoms with Gasteiger partial charge in [-0.2, -0.15) is 0 Å². The molecule has 2 fully saturated rings. The number of nitrogens with zero attached hydrogens (tertiary/aromatic N) is 2. The lowest BCUT2D eigenvalue weighted by Gasteiger charge is -2.36. The lowest BCUT2D eigenvalue weighted by molar-refractivity contribution is -0.134. The standard InChI is InChI=1S/C12H23N3O/c1-14(2)10-5-8-15(9-6-10)12(16)11-4-3-7-13-11/h10-11,13H,3-9H2,1-2H3. The monoisotopic (exact) mass is 225 g/mol. The zero-order valence-corrected chi connectivity index (χ0v) is 10.4. The van der Waals surface area contributed by atoms with Crippen molar-refractivity contribution in [1.82, 2.24) is 15.1 Å². The molecule has 0 aromatic heterocycles. The number of hydrogen-bond donors (Lipinski definition) is 1. The fourth-order valence-electron chi connectivity index (χ4n) is 2.72. The van der Waals surface area contributed by atoms with Gasteiger partial charge in [0.1, 0.15) is 0 Å². The smallest absolute Gasteiger partial charge is 0.239 e. The minimum atomic E-state index is 0.107. The van der Waals surface area contributed by atoms with Crippen molar-refractivity contribution < 1.29 is 4.79 Å². The maximum Gasteiger partial charge on any atom is 0.239 e. The van der Waals surface area contributed by atoms with Crippen LogP contribution in [0.4, 0.5) is 0 Å². The van der Waals surface area contributed by atoms with Crippen molar-refractivity contribution in [3.8, 4) is 0 Å². The molecule has 2 rings (SSSR count). The number of carbonyl (C=O) groups excluding carboxylic acids is 1. The molecule has 2 heterocycles. The summed E-state index contributed by atoms with van der Waals surface area (Å²) in [7, 11) is 4.25.